The number of carbonyl (C=O) groups excluding carboxylic acids is 2. The molecule has 0 aliphatic carbocycles. The summed E-state index contributed by atoms with van der Waals surface area (Å²) in [6, 6.07) is 15.3. The van der Waals surface area contributed by atoms with Crippen molar-refractivity contribution >= 4 is 11.8 Å². The molecule has 9 heteroatoms. The number of nitrogens with zero attached hydrogens (tertiary/aromatic N) is 3. The molecular weight excluding hydrogens is 365 g/mol. The minimum Gasteiger partial charge on any atom is -0.478 e. The minimum absolute atomic E-state index is 0.0407. The molecule has 1 heterocycles. The van der Waals surface area contributed by atoms with E-state index in [9.17, 15) is 14.0 Å². The van der Waals surface area contributed by atoms with Crippen LogP contribution in [0, 0.1) is 5.82 Å². The fraction of sp³-hybridized carbons (Fsp3) is 0.158. The first-order valence-corrected chi connectivity index (χ1v) is 8.48. The molecule has 144 valence electrons. The van der Waals surface area contributed by atoms with Gasteiger partial charge in [-0.15, -0.1) is 5.10 Å². The largest absolute Gasteiger partial charge is 0.478 e. The van der Waals surface area contributed by atoms with Crippen LogP contribution in [0.15, 0.2) is 60.8 Å². The topological polar surface area (TPSA) is 98.1 Å². The molecular formula is C19H18FN5O3. The number of rotatable bonds is 6. The zero-order valence-electron chi connectivity index (χ0n) is 15.0. The van der Waals surface area contributed by atoms with Gasteiger partial charge in [0, 0.05) is 0 Å². The van der Waals surface area contributed by atoms with Crippen LogP contribution >= 0.6 is 0 Å². The van der Waals surface area contributed by atoms with E-state index in [4.69, 9.17) is 4.74 Å². The van der Waals surface area contributed by atoms with Crippen LogP contribution in [-0.2, 0) is 11.3 Å². The summed E-state index contributed by atoms with van der Waals surface area (Å²) in [4.78, 5) is 24.1. The fourth-order valence-electron chi connectivity index (χ4n) is 2.32. The van der Waals surface area contributed by atoms with Crippen LogP contribution in [0.4, 0.5) is 4.39 Å². The van der Waals surface area contributed by atoms with Crippen molar-refractivity contribution in [2.45, 2.75) is 19.6 Å². The number of nitrogens with one attached hydrogen (secondary N) is 2. The van der Waals surface area contributed by atoms with Gasteiger partial charge in [-0.2, -0.15) is 0 Å². The van der Waals surface area contributed by atoms with Crippen LogP contribution in [0.1, 0.15) is 23.0 Å². The highest BCUT2D eigenvalue weighted by atomic mass is 19.1. The minimum atomic E-state index is -1.02. The monoisotopic (exact) mass is 383 g/mol. The Hall–Kier alpha value is -3.75. The van der Waals surface area contributed by atoms with Crippen molar-refractivity contribution in [1.29, 1.82) is 0 Å². The van der Waals surface area contributed by atoms with Gasteiger partial charge in [0.15, 0.2) is 23.4 Å². The lowest BCUT2D eigenvalue weighted by molar-refractivity contribution is -0.128. The number of hydrogen-bond acceptors (Lipinski definition) is 5. The highest BCUT2D eigenvalue weighted by Gasteiger charge is 2.18. The number of hydrogen-bond donors (Lipinski definition) is 2. The van der Waals surface area contributed by atoms with Gasteiger partial charge in [-0.3, -0.25) is 20.4 Å². The van der Waals surface area contributed by atoms with E-state index in [1.165, 1.54) is 36.0 Å². The molecule has 8 nitrogen and oxygen atoms in total. The summed E-state index contributed by atoms with van der Waals surface area (Å²) >= 11 is 0. The Kier molecular flexibility index (Phi) is 5.95. The van der Waals surface area contributed by atoms with Gasteiger partial charge >= 0.3 is 0 Å². The maximum absolute atomic E-state index is 13.6. The zero-order valence-corrected chi connectivity index (χ0v) is 15.0. The molecule has 0 saturated carbocycles. The summed E-state index contributed by atoms with van der Waals surface area (Å²) in [6.07, 6.45) is 0.444. The molecule has 2 amide bonds. The van der Waals surface area contributed by atoms with Gasteiger partial charge < -0.3 is 4.74 Å². The van der Waals surface area contributed by atoms with E-state index >= 15 is 0 Å². The van der Waals surface area contributed by atoms with Crippen LogP contribution in [-0.4, -0.2) is 32.9 Å². The lowest BCUT2D eigenvalue weighted by Crippen LogP contribution is -2.47. The van der Waals surface area contributed by atoms with E-state index in [1.54, 1.807) is 6.07 Å². The summed E-state index contributed by atoms with van der Waals surface area (Å²) in [5.74, 6) is -1.92. The summed E-state index contributed by atoms with van der Waals surface area (Å²) in [7, 11) is 0. The Morgan fingerprint density at radius 2 is 1.82 bits per heavy atom. The first-order chi connectivity index (χ1) is 13.5. The Balaban J connectivity index is 1.51. The predicted octanol–water partition coefficient (Wildman–Crippen LogP) is 1.69. The number of ether oxygens (including phenoxy) is 1. The lowest BCUT2D eigenvalue weighted by Gasteiger charge is -2.15. The van der Waals surface area contributed by atoms with Crippen LogP contribution < -0.4 is 15.6 Å². The summed E-state index contributed by atoms with van der Waals surface area (Å²) in [5, 5.41) is 7.67. The maximum Gasteiger partial charge on any atom is 0.291 e. The average Bonchev–Trinajstić information content (AvgIpc) is 3.17. The first-order valence-electron chi connectivity index (χ1n) is 8.48. The van der Waals surface area contributed by atoms with Crippen LogP contribution in [0.2, 0.25) is 0 Å². The predicted molar refractivity (Wildman–Crippen MR) is 97.7 cm³/mol. The van der Waals surface area contributed by atoms with Crippen molar-refractivity contribution in [1.82, 2.24) is 25.8 Å². The third kappa shape index (κ3) is 4.91. The van der Waals surface area contributed by atoms with E-state index in [0.29, 0.717) is 6.54 Å². The number of hydrazine groups is 1. The smallest absolute Gasteiger partial charge is 0.291 e. The van der Waals surface area contributed by atoms with E-state index in [-0.39, 0.29) is 11.4 Å². The molecule has 28 heavy (non-hydrogen) atoms. The molecule has 0 aliphatic rings. The molecule has 0 bridgehead atoms. The first kappa shape index (κ1) is 19.0. The molecule has 2 N–H and O–H groups in total. The van der Waals surface area contributed by atoms with E-state index in [1.807, 2.05) is 30.3 Å². The molecule has 3 rings (SSSR count). The molecule has 0 fully saturated rings. The Labute approximate surface area is 160 Å². The third-order valence-corrected chi connectivity index (χ3v) is 3.77. The lowest BCUT2D eigenvalue weighted by atomic mass is 10.2. The average molecular weight is 383 g/mol. The normalized spacial score (nSPS) is 11.5. The van der Waals surface area contributed by atoms with Crippen molar-refractivity contribution in [3.8, 4) is 5.75 Å². The molecule has 3 aromatic rings. The van der Waals surface area contributed by atoms with Crippen molar-refractivity contribution in [3.63, 3.8) is 0 Å². The molecule has 0 saturated heterocycles. The van der Waals surface area contributed by atoms with Crippen molar-refractivity contribution in [3.05, 3.63) is 77.9 Å². The van der Waals surface area contributed by atoms with Gasteiger partial charge in [0.05, 0.1) is 12.7 Å². The molecule has 0 aliphatic heterocycles. The summed E-state index contributed by atoms with van der Waals surface area (Å²) in [6.45, 7) is 1.89. The highest BCUT2D eigenvalue weighted by molar-refractivity contribution is 5.93. The van der Waals surface area contributed by atoms with Crippen molar-refractivity contribution in [2.75, 3.05) is 0 Å². The van der Waals surface area contributed by atoms with E-state index in [0.717, 1.165) is 5.56 Å². The molecule has 2 aromatic carbocycles. The molecule has 1 aromatic heterocycles. The number of carbonyl (C=O) groups is 2. The molecule has 0 spiro atoms. The Morgan fingerprint density at radius 1 is 1.11 bits per heavy atom. The standard InChI is InChI=1S/C19H18FN5O3/c1-13(28-17-10-6-5-9-15(17)20)18(26)22-23-19(27)16-12-25(24-21-16)11-14-7-3-2-4-8-14/h2-10,12-13H,11H2,1H3,(H,22,26)(H,23,27). The summed E-state index contributed by atoms with van der Waals surface area (Å²) in [5.41, 5.74) is 5.49. The number of aromatic nitrogens is 3. The maximum atomic E-state index is 13.6. The third-order valence-electron chi connectivity index (χ3n) is 3.77. The van der Waals surface area contributed by atoms with Gasteiger partial charge in [0.25, 0.3) is 11.8 Å². The number of halogens is 1. The van der Waals surface area contributed by atoms with Crippen molar-refractivity contribution in [2.24, 2.45) is 0 Å². The van der Waals surface area contributed by atoms with Crippen LogP contribution in [0.25, 0.3) is 0 Å². The van der Waals surface area contributed by atoms with Gasteiger partial charge in [0.2, 0.25) is 0 Å². The van der Waals surface area contributed by atoms with E-state index < -0.39 is 23.7 Å². The number of benzene rings is 2. The second-order valence-electron chi connectivity index (χ2n) is 5.92. The van der Waals surface area contributed by atoms with Crippen LogP contribution in [0.5, 0.6) is 5.75 Å². The van der Waals surface area contributed by atoms with Gasteiger partial charge in [0.1, 0.15) is 0 Å². The Morgan fingerprint density at radius 3 is 2.57 bits per heavy atom. The fourth-order valence-corrected chi connectivity index (χ4v) is 2.32. The molecule has 1 unspecified atom stereocenters. The highest BCUT2D eigenvalue weighted by Crippen LogP contribution is 2.16. The number of para-hydroxylation sites is 1. The number of amides is 2. The second kappa shape index (κ2) is 8.76. The molecule has 0 radical (unpaired) electrons. The SMILES string of the molecule is CC(Oc1ccccc1F)C(=O)NNC(=O)c1cn(Cc2ccccc2)nn1. The quantitative estimate of drug-likeness (QED) is 0.632. The molecule has 1 atom stereocenters. The van der Waals surface area contributed by atoms with Gasteiger partial charge in [-0.25, -0.2) is 9.07 Å². The van der Waals surface area contributed by atoms with Crippen molar-refractivity contribution < 1.29 is 18.7 Å². The van der Waals surface area contributed by atoms with Gasteiger partial charge in [-0.05, 0) is 24.6 Å². The zero-order chi connectivity index (χ0) is 19.9. The van der Waals surface area contributed by atoms with Crippen LogP contribution in [0.3, 0.4) is 0 Å². The summed E-state index contributed by atoms with van der Waals surface area (Å²) < 4.78 is 20.3. The Bertz CT molecular complexity index is 961. The van der Waals surface area contributed by atoms with E-state index in [2.05, 4.69) is 21.2 Å². The second-order valence-corrected chi connectivity index (χ2v) is 5.92. The van der Waals surface area contributed by atoms with Gasteiger partial charge in [-0.1, -0.05) is 47.7 Å².